The third-order valence-corrected chi connectivity index (χ3v) is 6.86. The fourth-order valence-electron chi connectivity index (χ4n) is 4.22. The first kappa shape index (κ1) is 21.9. The number of thiophene rings is 1. The van der Waals surface area contributed by atoms with Gasteiger partial charge in [0.1, 0.15) is 23.5 Å². The van der Waals surface area contributed by atoms with Crippen LogP contribution < -0.4 is 10.2 Å². The third kappa shape index (κ3) is 4.54. The summed E-state index contributed by atoms with van der Waals surface area (Å²) < 4.78 is 6.12. The van der Waals surface area contributed by atoms with Gasteiger partial charge in [-0.1, -0.05) is 84.9 Å². The molecule has 4 aromatic carbocycles. The van der Waals surface area contributed by atoms with Crippen molar-refractivity contribution >= 4 is 44.4 Å². The molecule has 0 fully saturated rings. The molecule has 0 saturated carbocycles. The number of hydrogen-bond donors (Lipinski definition) is 1. The number of nitrogens with zero attached hydrogens (tertiary/aromatic N) is 3. The fraction of sp³-hybridized carbons (Fsp3) is 0.0333. The quantitative estimate of drug-likeness (QED) is 0.187. The van der Waals surface area contributed by atoms with Gasteiger partial charge in [0.15, 0.2) is 5.82 Å². The van der Waals surface area contributed by atoms with Crippen molar-refractivity contribution < 1.29 is 4.74 Å². The van der Waals surface area contributed by atoms with Crippen LogP contribution in [-0.2, 0) is 6.61 Å². The van der Waals surface area contributed by atoms with Crippen molar-refractivity contribution in [2.45, 2.75) is 6.61 Å². The van der Waals surface area contributed by atoms with Crippen molar-refractivity contribution in [3.05, 3.63) is 120 Å². The Labute approximate surface area is 212 Å². The van der Waals surface area contributed by atoms with Crippen LogP contribution in [0.4, 0.5) is 5.82 Å². The summed E-state index contributed by atoms with van der Waals surface area (Å²) in [5, 5.41) is 9.97. The van der Waals surface area contributed by atoms with Crippen LogP contribution in [-0.4, -0.2) is 16.2 Å². The van der Waals surface area contributed by atoms with Crippen LogP contribution in [0.3, 0.4) is 0 Å². The molecule has 174 valence electrons. The maximum Gasteiger partial charge on any atom is 0.159 e. The molecule has 0 aliphatic carbocycles. The molecule has 6 heteroatoms. The Morgan fingerprint density at radius 3 is 2.64 bits per heavy atom. The van der Waals surface area contributed by atoms with E-state index in [1.165, 1.54) is 10.8 Å². The van der Waals surface area contributed by atoms with Gasteiger partial charge < -0.3 is 4.74 Å². The Bertz CT molecular complexity index is 1670. The highest BCUT2D eigenvalue weighted by molar-refractivity contribution is 7.17. The van der Waals surface area contributed by atoms with Crippen molar-refractivity contribution in [1.29, 1.82) is 0 Å². The lowest BCUT2D eigenvalue weighted by Gasteiger charge is -2.09. The molecule has 1 N–H and O–H groups in total. The Hall–Kier alpha value is -4.55. The molecule has 6 aromatic rings. The molecule has 0 atom stereocenters. The molecule has 5 nitrogen and oxygen atoms in total. The van der Waals surface area contributed by atoms with Crippen LogP contribution in [0.5, 0.6) is 5.75 Å². The van der Waals surface area contributed by atoms with E-state index in [1.807, 2.05) is 42.5 Å². The number of benzene rings is 4. The van der Waals surface area contributed by atoms with Gasteiger partial charge in [0.05, 0.1) is 11.6 Å². The molecule has 2 aromatic heterocycles. The van der Waals surface area contributed by atoms with Gasteiger partial charge >= 0.3 is 0 Å². The van der Waals surface area contributed by atoms with Gasteiger partial charge in [0.2, 0.25) is 0 Å². The van der Waals surface area contributed by atoms with Crippen molar-refractivity contribution in [2.24, 2.45) is 5.10 Å². The molecule has 6 rings (SSSR count). The highest BCUT2D eigenvalue weighted by Gasteiger charge is 2.12. The van der Waals surface area contributed by atoms with Gasteiger partial charge in [-0.05, 0) is 39.6 Å². The summed E-state index contributed by atoms with van der Waals surface area (Å²) in [6.07, 6.45) is 3.33. The number of nitrogens with one attached hydrogen (secondary N) is 1. The average Bonchev–Trinajstić information content (AvgIpc) is 3.38. The number of rotatable bonds is 7. The third-order valence-electron chi connectivity index (χ3n) is 5.97. The minimum Gasteiger partial charge on any atom is -0.489 e. The van der Waals surface area contributed by atoms with E-state index in [4.69, 9.17) is 4.74 Å². The van der Waals surface area contributed by atoms with E-state index >= 15 is 0 Å². The molecule has 0 saturated heterocycles. The highest BCUT2D eigenvalue weighted by Crippen LogP contribution is 2.36. The first-order chi connectivity index (χ1) is 17.8. The fourth-order valence-corrected chi connectivity index (χ4v) is 5.14. The van der Waals surface area contributed by atoms with E-state index in [-0.39, 0.29) is 0 Å². The maximum absolute atomic E-state index is 6.12. The standard InChI is InChI=1S/C30H22N4OS/c1-2-9-23(10-3-1)27-19-36-30-28(27)29(31-20-32-30)34-33-17-21-8-6-14-25(16-21)35-18-24-13-7-12-22-11-4-5-15-26(22)24/h1-17,19-20H,18H2,(H,31,32,34)/b33-17+. The zero-order valence-electron chi connectivity index (χ0n) is 19.3. The highest BCUT2D eigenvalue weighted by atomic mass is 32.1. The second-order valence-corrected chi connectivity index (χ2v) is 9.15. The number of hydrogen-bond acceptors (Lipinski definition) is 6. The van der Waals surface area contributed by atoms with Crippen molar-refractivity contribution in [1.82, 2.24) is 9.97 Å². The van der Waals surface area contributed by atoms with E-state index < -0.39 is 0 Å². The van der Waals surface area contributed by atoms with Crippen LogP contribution >= 0.6 is 11.3 Å². The van der Waals surface area contributed by atoms with Gasteiger partial charge in [0.25, 0.3) is 0 Å². The van der Waals surface area contributed by atoms with E-state index in [2.05, 4.69) is 80.5 Å². The predicted molar refractivity (Wildman–Crippen MR) is 149 cm³/mol. The number of anilines is 1. The summed E-state index contributed by atoms with van der Waals surface area (Å²) in [7, 11) is 0. The topological polar surface area (TPSA) is 59.4 Å². The minimum atomic E-state index is 0.500. The predicted octanol–water partition coefficient (Wildman–Crippen LogP) is 7.54. The summed E-state index contributed by atoms with van der Waals surface area (Å²) in [6, 6.07) is 32.8. The summed E-state index contributed by atoms with van der Waals surface area (Å²) in [4.78, 5) is 9.80. The SMILES string of the molecule is C(=N\Nc1ncnc2scc(-c3ccccc3)c12)/c1cccc(OCc2cccc3ccccc23)c1. The molecule has 0 amide bonds. The van der Waals surface area contributed by atoms with Crippen molar-refractivity contribution in [2.75, 3.05) is 5.43 Å². The average molecular weight is 487 g/mol. The smallest absolute Gasteiger partial charge is 0.159 e. The molecule has 0 spiro atoms. The van der Waals surface area contributed by atoms with Crippen LogP contribution in [0.25, 0.3) is 32.1 Å². The zero-order chi connectivity index (χ0) is 24.2. The summed E-state index contributed by atoms with van der Waals surface area (Å²) in [5.41, 5.74) is 7.42. The minimum absolute atomic E-state index is 0.500. The molecule has 0 bridgehead atoms. The van der Waals surface area contributed by atoms with E-state index in [0.29, 0.717) is 12.4 Å². The molecule has 0 aliphatic rings. The molecule has 0 aliphatic heterocycles. The number of hydrazone groups is 1. The second-order valence-electron chi connectivity index (χ2n) is 8.29. The van der Waals surface area contributed by atoms with Crippen molar-refractivity contribution in [3.63, 3.8) is 0 Å². The maximum atomic E-state index is 6.12. The Kier molecular flexibility index (Phi) is 6.08. The van der Waals surface area contributed by atoms with Gasteiger partial charge in [0, 0.05) is 10.9 Å². The molecule has 0 radical (unpaired) electrons. The first-order valence-corrected chi connectivity index (χ1v) is 12.5. The van der Waals surface area contributed by atoms with E-state index in [1.54, 1.807) is 23.9 Å². The van der Waals surface area contributed by atoms with Crippen LogP contribution in [0.15, 0.2) is 114 Å². The zero-order valence-corrected chi connectivity index (χ0v) is 20.2. The van der Waals surface area contributed by atoms with Crippen LogP contribution in [0.2, 0.25) is 0 Å². The van der Waals surface area contributed by atoms with Gasteiger partial charge in [-0.3, -0.25) is 5.43 Å². The number of ether oxygens (including phenoxy) is 1. The van der Waals surface area contributed by atoms with Gasteiger partial charge in [-0.2, -0.15) is 5.10 Å². The lowest BCUT2D eigenvalue weighted by atomic mass is 10.1. The second kappa shape index (κ2) is 9.98. The normalized spacial score (nSPS) is 11.3. The Morgan fingerprint density at radius 2 is 1.69 bits per heavy atom. The van der Waals surface area contributed by atoms with Crippen molar-refractivity contribution in [3.8, 4) is 16.9 Å². The Balaban J connectivity index is 1.19. The Morgan fingerprint density at radius 1 is 0.861 bits per heavy atom. The lowest BCUT2D eigenvalue weighted by molar-refractivity contribution is 0.307. The number of aromatic nitrogens is 2. The van der Waals surface area contributed by atoms with E-state index in [9.17, 15) is 0 Å². The molecule has 36 heavy (non-hydrogen) atoms. The van der Waals surface area contributed by atoms with Gasteiger partial charge in [-0.25, -0.2) is 9.97 Å². The van der Waals surface area contributed by atoms with E-state index in [0.717, 1.165) is 38.2 Å². The number of fused-ring (bicyclic) bond motifs is 2. The summed E-state index contributed by atoms with van der Waals surface area (Å²) in [5.74, 6) is 1.47. The molecular formula is C30H22N4OS. The van der Waals surface area contributed by atoms with Crippen LogP contribution in [0, 0.1) is 0 Å². The first-order valence-electron chi connectivity index (χ1n) is 11.6. The lowest BCUT2D eigenvalue weighted by Crippen LogP contribution is -1.98. The van der Waals surface area contributed by atoms with Crippen LogP contribution in [0.1, 0.15) is 11.1 Å². The largest absolute Gasteiger partial charge is 0.489 e. The monoisotopic (exact) mass is 486 g/mol. The summed E-state index contributed by atoms with van der Waals surface area (Å²) in [6.45, 7) is 0.500. The van der Waals surface area contributed by atoms with Gasteiger partial charge in [-0.15, -0.1) is 11.3 Å². The molecule has 2 heterocycles. The summed E-state index contributed by atoms with van der Waals surface area (Å²) >= 11 is 1.60. The molecular weight excluding hydrogens is 464 g/mol. The molecule has 0 unspecified atom stereocenters.